The van der Waals surface area contributed by atoms with E-state index in [-0.39, 0.29) is 0 Å². The Morgan fingerprint density at radius 3 is 2.53 bits per heavy atom. The van der Waals surface area contributed by atoms with Crippen molar-refractivity contribution in [1.82, 2.24) is 4.98 Å². The van der Waals surface area contributed by atoms with Crippen LogP contribution in [0.4, 0.5) is 0 Å². The van der Waals surface area contributed by atoms with Crippen LogP contribution in [0, 0.1) is 0 Å². The van der Waals surface area contributed by atoms with Crippen LogP contribution in [0.15, 0.2) is 48.5 Å². The zero-order chi connectivity index (χ0) is 13.4. The minimum atomic E-state index is -0.435. The van der Waals surface area contributed by atoms with Crippen LogP contribution in [0.1, 0.15) is 10.4 Å². The van der Waals surface area contributed by atoms with Crippen LogP contribution >= 0.6 is 11.6 Å². The first-order chi connectivity index (χ1) is 9.15. The number of hydrogen-bond donors (Lipinski definition) is 2. The predicted octanol–water partition coefficient (Wildman–Crippen LogP) is 3.59. The molecule has 0 bridgehead atoms. The number of carbonyl (C=O) groups excluding carboxylic acids is 1. The first-order valence-electron chi connectivity index (χ1n) is 5.82. The number of para-hydroxylation sites is 1. The van der Waals surface area contributed by atoms with Crippen molar-refractivity contribution in [3.05, 3.63) is 59.1 Å². The Morgan fingerprint density at radius 1 is 1.11 bits per heavy atom. The van der Waals surface area contributed by atoms with Gasteiger partial charge in [-0.3, -0.25) is 4.79 Å². The molecule has 1 amide bonds. The smallest absolute Gasteiger partial charge is 0.250 e. The minimum Gasteiger partial charge on any atom is -0.366 e. The number of primary amides is 1. The number of hydrogen-bond acceptors (Lipinski definition) is 1. The second-order valence-corrected chi connectivity index (χ2v) is 4.76. The summed E-state index contributed by atoms with van der Waals surface area (Å²) in [4.78, 5) is 14.6. The van der Waals surface area contributed by atoms with Gasteiger partial charge in [0.2, 0.25) is 0 Å². The van der Waals surface area contributed by atoms with Crippen molar-refractivity contribution in [2.24, 2.45) is 5.73 Å². The maximum Gasteiger partial charge on any atom is 0.250 e. The van der Waals surface area contributed by atoms with Gasteiger partial charge in [-0.25, -0.2) is 0 Å². The van der Waals surface area contributed by atoms with E-state index in [2.05, 4.69) is 4.98 Å². The Hall–Kier alpha value is -2.26. The molecule has 2 aromatic carbocycles. The second-order valence-electron chi connectivity index (χ2n) is 4.32. The van der Waals surface area contributed by atoms with Crippen molar-refractivity contribution < 1.29 is 4.79 Å². The van der Waals surface area contributed by atoms with Crippen LogP contribution in [0.25, 0.3) is 22.2 Å². The summed E-state index contributed by atoms with van der Waals surface area (Å²) in [6.45, 7) is 0. The molecular formula is C15H11ClN2O. The molecule has 0 aliphatic rings. The highest BCUT2D eigenvalue weighted by Gasteiger charge is 2.10. The summed E-state index contributed by atoms with van der Waals surface area (Å²) in [5.74, 6) is -0.435. The number of nitrogens with one attached hydrogen (secondary N) is 1. The van der Waals surface area contributed by atoms with E-state index in [4.69, 9.17) is 17.3 Å². The Balaban J connectivity index is 2.19. The van der Waals surface area contributed by atoms with E-state index in [0.717, 1.165) is 22.2 Å². The van der Waals surface area contributed by atoms with Crippen LogP contribution < -0.4 is 5.73 Å². The number of H-pyrrole nitrogens is 1. The van der Waals surface area contributed by atoms with E-state index >= 15 is 0 Å². The third-order valence-electron chi connectivity index (χ3n) is 3.08. The third kappa shape index (κ3) is 2.09. The van der Waals surface area contributed by atoms with Gasteiger partial charge in [0.1, 0.15) is 0 Å². The standard InChI is InChI=1S/C15H11ClN2O/c16-11-6-4-9(5-7-11)13-8-10-2-1-3-12(15(17)19)14(10)18-13/h1-8,18H,(H2,17,19). The van der Waals surface area contributed by atoms with Crippen molar-refractivity contribution in [2.45, 2.75) is 0 Å². The Labute approximate surface area is 115 Å². The largest absolute Gasteiger partial charge is 0.366 e. The number of fused-ring (bicyclic) bond motifs is 1. The molecule has 0 spiro atoms. The van der Waals surface area contributed by atoms with Crippen LogP contribution in [-0.2, 0) is 0 Å². The Morgan fingerprint density at radius 2 is 1.84 bits per heavy atom. The number of benzene rings is 2. The molecule has 0 aliphatic carbocycles. The van der Waals surface area contributed by atoms with Gasteiger partial charge in [0.25, 0.3) is 5.91 Å². The average Bonchev–Trinajstić information content (AvgIpc) is 2.82. The van der Waals surface area contributed by atoms with Crippen LogP contribution in [0.5, 0.6) is 0 Å². The molecule has 0 aliphatic heterocycles. The number of aromatic amines is 1. The summed E-state index contributed by atoms with van der Waals surface area (Å²) < 4.78 is 0. The van der Waals surface area contributed by atoms with Crippen LogP contribution in [-0.4, -0.2) is 10.9 Å². The van der Waals surface area contributed by atoms with Gasteiger partial charge in [-0.05, 0) is 29.8 Å². The number of halogens is 1. The van der Waals surface area contributed by atoms with E-state index in [9.17, 15) is 4.79 Å². The molecule has 0 fully saturated rings. The molecule has 3 N–H and O–H groups in total. The molecule has 94 valence electrons. The molecule has 3 rings (SSSR count). The molecule has 0 radical (unpaired) electrons. The van der Waals surface area contributed by atoms with Crippen LogP contribution in [0.2, 0.25) is 5.02 Å². The number of rotatable bonds is 2. The second kappa shape index (κ2) is 4.44. The Bertz CT molecular complexity index is 759. The number of aromatic nitrogens is 1. The summed E-state index contributed by atoms with van der Waals surface area (Å²) in [6, 6.07) is 15.0. The predicted molar refractivity (Wildman–Crippen MR) is 77.3 cm³/mol. The fraction of sp³-hybridized carbons (Fsp3) is 0. The zero-order valence-corrected chi connectivity index (χ0v) is 10.7. The van der Waals surface area contributed by atoms with Crippen molar-refractivity contribution >= 4 is 28.4 Å². The average molecular weight is 271 g/mol. The van der Waals surface area contributed by atoms with E-state index in [0.29, 0.717) is 10.6 Å². The molecule has 0 saturated heterocycles. The van der Waals surface area contributed by atoms with Gasteiger partial charge < -0.3 is 10.7 Å². The summed E-state index contributed by atoms with van der Waals surface area (Å²) in [6.07, 6.45) is 0. The fourth-order valence-corrected chi connectivity index (χ4v) is 2.27. The van der Waals surface area contributed by atoms with Gasteiger partial charge in [0.05, 0.1) is 11.1 Å². The maximum atomic E-state index is 11.4. The van der Waals surface area contributed by atoms with E-state index < -0.39 is 5.91 Å². The molecule has 0 saturated carbocycles. The summed E-state index contributed by atoms with van der Waals surface area (Å²) in [5.41, 5.74) is 8.57. The van der Waals surface area contributed by atoms with Gasteiger partial charge in [-0.2, -0.15) is 0 Å². The molecule has 3 aromatic rings. The lowest BCUT2D eigenvalue weighted by molar-refractivity contribution is 0.100. The van der Waals surface area contributed by atoms with Crippen molar-refractivity contribution in [3.63, 3.8) is 0 Å². The third-order valence-corrected chi connectivity index (χ3v) is 3.33. The van der Waals surface area contributed by atoms with Crippen molar-refractivity contribution in [3.8, 4) is 11.3 Å². The quantitative estimate of drug-likeness (QED) is 0.734. The number of nitrogens with two attached hydrogens (primary N) is 1. The minimum absolute atomic E-state index is 0.435. The van der Waals surface area contributed by atoms with E-state index in [1.54, 1.807) is 6.07 Å². The SMILES string of the molecule is NC(=O)c1cccc2cc(-c3ccc(Cl)cc3)[nH]c12. The summed E-state index contributed by atoms with van der Waals surface area (Å²) in [7, 11) is 0. The normalized spacial score (nSPS) is 10.8. The van der Waals surface area contributed by atoms with E-state index in [1.807, 2.05) is 42.5 Å². The zero-order valence-electron chi connectivity index (χ0n) is 9.98. The van der Waals surface area contributed by atoms with Crippen molar-refractivity contribution in [2.75, 3.05) is 0 Å². The first-order valence-corrected chi connectivity index (χ1v) is 6.20. The van der Waals surface area contributed by atoms with Gasteiger partial charge in [-0.1, -0.05) is 35.9 Å². The van der Waals surface area contributed by atoms with Crippen LogP contribution in [0.3, 0.4) is 0 Å². The highest BCUT2D eigenvalue weighted by molar-refractivity contribution is 6.30. The lowest BCUT2D eigenvalue weighted by Crippen LogP contribution is -2.11. The number of carbonyl (C=O) groups is 1. The highest BCUT2D eigenvalue weighted by Crippen LogP contribution is 2.27. The van der Waals surface area contributed by atoms with Gasteiger partial charge in [-0.15, -0.1) is 0 Å². The maximum absolute atomic E-state index is 11.4. The molecular weight excluding hydrogens is 260 g/mol. The van der Waals surface area contributed by atoms with Crippen molar-refractivity contribution in [1.29, 1.82) is 0 Å². The van der Waals surface area contributed by atoms with Gasteiger partial charge in [0, 0.05) is 16.1 Å². The molecule has 4 heteroatoms. The first kappa shape index (κ1) is 11.8. The molecule has 1 heterocycles. The molecule has 19 heavy (non-hydrogen) atoms. The Kier molecular flexibility index (Phi) is 2.76. The molecule has 0 unspecified atom stereocenters. The van der Waals surface area contributed by atoms with E-state index in [1.165, 1.54) is 0 Å². The molecule has 1 aromatic heterocycles. The number of amides is 1. The van der Waals surface area contributed by atoms with Gasteiger partial charge >= 0.3 is 0 Å². The molecule has 0 atom stereocenters. The summed E-state index contributed by atoms with van der Waals surface area (Å²) in [5, 5.41) is 1.65. The van der Waals surface area contributed by atoms with Gasteiger partial charge in [0.15, 0.2) is 0 Å². The lowest BCUT2D eigenvalue weighted by Gasteiger charge is -1.98. The monoisotopic (exact) mass is 270 g/mol. The topological polar surface area (TPSA) is 58.9 Å². The highest BCUT2D eigenvalue weighted by atomic mass is 35.5. The fourth-order valence-electron chi connectivity index (χ4n) is 2.15. The molecule has 3 nitrogen and oxygen atoms in total. The lowest BCUT2D eigenvalue weighted by atomic mass is 10.1. The summed E-state index contributed by atoms with van der Waals surface area (Å²) >= 11 is 5.87.